The van der Waals surface area contributed by atoms with Crippen molar-refractivity contribution >= 4 is 11.9 Å². The molecule has 1 aliphatic heterocycles. The van der Waals surface area contributed by atoms with Gasteiger partial charge in [-0.1, -0.05) is 30.3 Å². The van der Waals surface area contributed by atoms with Gasteiger partial charge in [-0.3, -0.25) is 14.7 Å². The molecule has 1 aromatic rings. The van der Waals surface area contributed by atoms with Crippen LogP contribution in [0.5, 0.6) is 0 Å². The SMILES string of the molecule is CN=C(NCC(C)(C)NC(C)c1ccccc1)NC1CCN(CC(=O)NC)CC1. The van der Waals surface area contributed by atoms with Crippen LogP contribution < -0.4 is 21.3 Å². The number of likely N-dealkylation sites (tertiary alicyclic amines) is 1. The van der Waals surface area contributed by atoms with Crippen molar-refractivity contribution in [2.24, 2.45) is 4.99 Å². The first-order chi connectivity index (χ1) is 13.8. The highest BCUT2D eigenvalue weighted by Crippen LogP contribution is 2.16. The molecule has 0 radical (unpaired) electrons. The number of amides is 1. The monoisotopic (exact) mass is 402 g/mol. The van der Waals surface area contributed by atoms with E-state index >= 15 is 0 Å². The number of hydrogen-bond donors (Lipinski definition) is 4. The third-order valence-electron chi connectivity index (χ3n) is 5.40. The maximum atomic E-state index is 11.5. The Hall–Kier alpha value is -2.12. The zero-order valence-electron chi connectivity index (χ0n) is 18.6. The van der Waals surface area contributed by atoms with E-state index in [1.54, 1.807) is 7.05 Å². The maximum absolute atomic E-state index is 11.5. The summed E-state index contributed by atoms with van der Waals surface area (Å²) in [5, 5.41) is 13.4. The molecular weight excluding hydrogens is 364 g/mol. The van der Waals surface area contributed by atoms with Gasteiger partial charge in [0.15, 0.2) is 5.96 Å². The molecule has 1 unspecified atom stereocenters. The number of piperidine rings is 1. The summed E-state index contributed by atoms with van der Waals surface area (Å²) in [6, 6.07) is 11.1. The van der Waals surface area contributed by atoms with Crippen LogP contribution in [0.25, 0.3) is 0 Å². The molecule has 1 heterocycles. The van der Waals surface area contributed by atoms with E-state index in [0.717, 1.165) is 38.4 Å². The van der Waals surface area contributed by atoms with Gasteiger partial charge in [0.25, 0.3) is 0 Å². The predicted octanol–water partition coefficient (Wildman–Crippen LogP) is 1.49. The normalized spacial score (nSPS) is 17.6. The highest BCUT2D eigenvalue weighted by molar-refractivity contribution is 5.80. The molecule has 1 atom stereocenters. The maximum Gasteiger partial charge on any atom is 0.233 e. The minimum absolute atomic E-state index is 0.0772. The minimum atomic E-state index is -0.0935. The summed E-state index contributed by atoms with van der Waals surface area (Å²) in [4.78, 5) is 18.1. The second kappa shape index (κ2) is 11.2. The smallest absolute Gasteiger partial charge is 0.233 e. The lowest BCUT2D eigenvalue weighted by molar-refractivity contribution is -0.122. The van der Waals surface area contributed by atoms with Crippen molar-refractivity contribution in [2.45, 2.75) is 51.2 Å². The Labute approximate surface area is 175 Å². The quantitative estimate of drug-likeness (QED) is 0.391. The standard InChI is InChI=1S/C22H38N6O/c1-17(18-9-7-6-8-10-18)27-22(2,3)16-25-21(24-5)26-19-11-13-28(14-12-19)15-20(29)23-4/h6-10,17,19,27H,11-16H2,1-5H3,(H,23,29)(H2,24,25,26). The molecule has 1 aromatic carbocycles. The van der Waals surface area contributed by atoms with Crippen LogP contribution in [0.1, 0.15) is 45.2 Å². The molecule has 4 N–H and O–H groups in total. The van der Waals surface area contributed by atoms with Crippen LogP contribution in [0.2, 0.25) is 0 Å². The molecule has 1 saturated heterocycles. The van der Waals surface area contributed by atoms with Crippen LogP contribution in [0.4, 0.5) is 0 Å². The second-order valence-electron chi connectivity index (χ2n) is 8.45. The van der Waals surface area contributed by atoms with E-state index in [9.17, 15) is 4.79 Å². The number of carbonyl (C=O) groups excluding carboxylic acids is 1. The molecule has 0 spiro atoms. The number of rotatable bonds is 8. The Balaban J connectivity index is 1.76. The number of guanidine groups is 1. The fourth-order valence-corrected chi connectivity index (χ4v) is 3.67. The molecule has 1 fully saturated rings. The fraction of sp³-hybridized carbons (Fsp3) is 0.636. The number of nitrogens with zero attached hydrogens (tertiary/aromatic N) is 2. The molecule has 29 heavy (non-hydrogen) atoms. The van der Waals surface area contributed by atoms with Crippen molar-refractivity contribution in [1.82, 2.24) is 26.2 Å². The Kier molecular flexibility index (Phi) is 8.92. The first-order valence-corrected chi connectivity index (χ1v) is 10.6. The first kappa shape index (κ1) is 23.2. The Morgan fingerprint density at radius 3 is 2.48 bits per heavy atom. The Bertz CT molecular complexity index is 653. The zero-order chi connectivity index (χ0) is 21.3. The third kappa shape index (κ3) is 8.03. The fourth-order valence-electron chi connectivity index (χ4n) is 3.67. The van der Waals surface area contributed by atoms with E-state index < -0.39 is 0 Å². The molecular formula is C22H38N6O. The van der Waals surface area contributed by atoms with Crippen molar-refractivity contribution in [3.8, 4) is 0 Å². The lowest BCUT2D eigenvalue weighted by Gasteiger charge is -2.34. The van der Waals surface area contributed by atoms with Crippen molar-refractivity contribution in [1.29, 1.82) is 0 Å². The van der Waals surface area contributed by atoms with Gasteiger partial charge in [0.2, 0.25) is 5.91 Å². The number of benzene rings is 1. The topological polar surface area (TPSA) is 80.8 Å². The molecule has 1 aliphatic rings. The van der Waals surface area contributed by atoms with E-state index in [1.807, 2.05) is 13.1 Å². The van der Waals surface area contributed by atoms with Gasteiger partial charge >= 0.3 is 0 Å². The average Bonchev–Trinajstić information content (AvgIpc) is 2.72. The summed E-state index contributed by atoms with van der Waals surface area (Å²) in [6.07, 6.45) is 2.01. The van der Waals surface area contributed by atoms with Crippen molar-refractivity contribution < 1.29 is 4.79 Å². The lowest BCUT2D eigenvalue weighted by Crippen LogP contribution is -2.54. The van der Waals surface area contributed by atoms with Gasteiger partial charge in [-0.05, 0) is 39.2 Å². The van der Waals surface area contributed by atoms with Crippen LogP contribution in [0.15, 0.2) is 35.3 Å². The lowest BCUT2D eigenvalue weighted by atomic mass is 10.0. The van der Waals surface area contributed by atoms with E-state index in [-0.39, 0.29) is 17.5 Å². The van der Waals surface area contributed by atoms with Crippen molar-refractivity contribution in [2.75, 3.05) is 40.3 Å². The summed E-state index contributed by atoms with van der Waals surface area (Å²) in [7, 11) is 3.49. The van der Waals surface area contributed by atoms with Crippen molar-refractivity contribution in [3.05, 3.63) is 35.9 Å². The largest absolute Gasteiger partial charge is 0.358 e. The second-order valence-corrected chi connectivity index (χ2v) is 8.45. The van der Waals surface area contributed by atoms with Gasteiger partial charge in [0, 0.05) is 51.4 Å². The van der Waals surface area contributed by atoms with Crippen LogP contribution >= 0.6 is 0 Å². The van der Waals surface area contributed by atoms with Gasteiger partial charge < -0.3 is 21.3 Å². The number of carbonyl (C=O) groups is 1. The number of hydrogen-bond acceptors (Lipinski definition) is 4. The van der Waals surface area contributed by atoms with Gasteiger partial charge in [0.1, 0.15) is 0 Å². The molecule has 7 nitrogen and oxygen atoms in total. The molecule has 0 aliphatic carbocycles. The summed E-state index contributed by atoms with van der Waals surface area (Å²) in [6.45, 7) is 9.67. The van der Waals surface area contributed by atoms with Gasteiger partial charge in [-0.25, -0.2) is 0 Å². The molecule has 1 amide bonds. The number of likely N-dealkylation sites (N-methyl/N-ethyl adjacent to an activating group) is 1. The molecule has 2 rings (SSSR count). The molecule has 0 bridgehead atoms. The van der Waals surface area contributed by atoms with Crippen LogP contribution in [-0.2, 0) is 4.79 Å². The van der Waals surface area contributed by atoms with Crippen LogP contribution in [0.3, 0.4) is 0 Å². The zero-order valence-corrected chi connectivity index (χ0v) is 18.6. The summed E-state index contributed by atoms with van der Waals surface area (Å²) < 4.78 is 0. The van der Waals surface area contributed by atoms with Gasteiger partial charge in [0.05, 0.1) is 6.54 Å². The summed E-state index contributed by atoms with van der Waals surface area (Å²) in [5.74, 6) is 0.908. The molecule has 0 saturated carbocycles. The van der Waals surface area contributed by atoms with E-state index in [0.29, 0.717) is 12.6 Å². The number of nitrogens with one attached hydrogen (secondary N) is 4. The van der Waals surface area contributed by atoms with Gasteiger partial charge in [-0.15, -0.1) is 0 Å². The summed E-state index contributed by atoms with van der Waals surface area (Å²) in [5.41, 5.74) is 1.19. The van der Waals surface area contributed by atoms with Crippen LogP contribution in [-0.4, -0.2) is 68.6 Å². The third-order valence-corrected chi connectivity index (χ3v) is 5.40. The summed E-state index contributed by atoms with van der Waals surface area (Å²) >= 11 is 0. The highest BCUT2D eigenvalue weighted by atomic mass is 16.1. The minimum Gasteiger partial charge on any atom is -0.358 e. The Morgan fingerprint density at radius 2 is 1.90 bits per heavy atom. The van der Waals surface area contributed by atoms with E-state index in [2.05, 4.69) is 76.2 Å². The predicted molar refractivity (Wildman–Crippen MR) is 120 cm³/mol. The number of aliphatic imine (C=N–C) groups is 1. The van der Waals surface area contributed by atoms with Gasteiger partial charge in [-0.2, -0.15) is 0 Å². The average molecular weight is 403 g/mol. The molecule has 162 valence electrons. The Morgan fingerprint density at radius 1 is 1.24 bits per heavy atom. The van der Waals surface area contributed by atoms with Crippen molar-refractivity contribution in [3.63, 3.8) is 0 Å². The molecule has 7 heteroatoms. The molecule has 0 aromatic heterocycles. The van der Waals surface area contributed by atoms with E-state index in [4.69, 9.17) is 0 Å². The van der Waals surface area contributed by atoms with E-state index in [1.165, 1.54) is 5.56 Å². The highest BCUT2D eigenvalue weighted by Gasteiger charge is 2.23. The van der Waals surface area contributed by atoms with Crippen LogP contribution in [0, 0.1) is 0 Å². The first-order valence-electron chi connectivity index (χ1n) is 10.6.